The smallest absolute Gasteiger partial charge is 0.343 e. The number of esters is 1. The molecule has 4 rings (SSSR count). The van der Waals surface area contributed by atoms with E-state index in [1.54, 1.807) is 84.9 Å². The molecule has 0 heterocycles. The monoisotopic (exact) mass is 464 g/mol. The quantitative estimate of drug-likeness (QED) is 0.181. The zero-order chi connectivity index (χ0) is 24.7. The van der Waals surface area contributed by atoms with Crippen LogP contribution in [-0.4, -0.2) is 23.2 Å². The number of hydrogen-bond donors (Lipinski definition) is 2. The van der Waals surface area contributed by atoms with E-state index in [0.717, 1.165) is 5.56 Å². The average molecular weight is 465 g/mol. The highest BCUT2D eigenvalue weighted by Crippen LogP contribution is 2.29. The Bertz CT molecular complexity index is 1280. The molecule has 6 heteroatoms. The van der Waals surface area contributed by atoms with Crippen LogP contribution in [0.3, 0.4) is 0 Å². The van der Waals surface area contributed by atoms with Gasteiger partial charge in [-0.05, 0) is 60.0 Å². The number of benzene rings is 4. The van der Waals surface area contributed by atoms with Crippen LogP contribution >= 0.6 is 0 Å². The summed E-state index contributed by atoms with van der Waals surface area (Å²) < 4.78 is 5.39. The van der Waals surface area contributed by atoms with E-state index in [1.165, 1.54) is 6.21 Å². The maximum Gasteiger partial charge on any atom is 0.343 e. The fraction of sp³-hybridized carbons (Fsp3) is 0.0690. The number of carbonyl (C=O) groups is 2. The predicted molar refractivity (Wildman–Crippen MR) is 134 cm³/mol. The van der Waals surface area contributed by atoms with Gasteiger partial charge in [0, 0.05) is 0 Å². The standard InChI is InChI=1S/C29H24N2O4/c1-21-12-16-23(17-13-21)27(32)35-26-18-14-22(15-19-26)20-30-31-28(33)29(34,24-8-4-2-5-9-24)25-10-6-3-7-11-25/h2-20,34H,1H3,(H,31,33)/b30-20-. The summed E-state index contributed by atoms with van der Waals surface area (Å²) in [5, 5.41) is 15.4. The molecule has 6 nitrogen and oxygen atoms in total. The number of nitrogens with one attached hydrogen (secondary N) is 1. The molecule has 0 aliphatic rings. The van der Waals surface area contributed by atoms with E-state index in [-0.39, 0.29) is 0 Å². The number of hydrogen-bond acceptors (Lipinski definition) is 5. The number of aliphatic hydroxyl groups is 1. The van der Waals surface area contributed by atoms with Gasteiger partial charge in [0.25, 0.3) is 5.91 Å². The molecule has 0 aromatic heterocycles. The molecule has 0 fully saturated rings. The van der Waals surface area contributed by atoms with Crippen molar-refractivity contribution in [3.05, 3.63) is 137 Å². The first-order chi connectivity index (χ1) is 17.0. The number of carbonyl (C=O) groups excluding carboxylic acids is 2. The minimum Gasteiger partial charge on any atom is -0.423 e. The van der Waals surface area contributed by atoms with Gasteiger partial charge in [-0.2, -0.15) is 5.10 Å². The lowest BCUT2D eigenvalue weighted by Crippen LogP contribution is -2.43. The maximum absolute atomic E-state index is 13.1. The molecular weight excluding hydrogens is 440 g/mol. The lowest BCUT2D eigenvalue weighted by atomic mass is 9.85. The van der Waals surface area contributed by atoms with Crippen LogP contribution in [0.25, 0.3) is 0 Å². The van der Waals surface area contributed by atoms with Crippen molar-refractivity contribution in [2.75, 3.05) is 0 Å². The van der Waals surface area contributed by atoms with Gasteiger partial charge in [0.1, 0.15) is 5.75 Å². The van der Waals surface area contributed by atoms with Gasteiger partial charge in [-0.1, -0.05) is 78.4 Å². The van der Waals surface area contributed by atoms with E-state index in [4.69, 9.17) is 4.74 Å². The Morgan fingerprint density at radius 3 is 1.89 bits per heavy atom. The number of aryl methyl sites for hydroxylation is 1. The van der Waals surface area contributed by atoms with Gasteiger partial charge >= 0.3 is 5.97 Å². The second kappa shape index (κ2) is 10.6. The van der Waals surface area contributed by atoms with Crippen molar-refractivity contribution in [3.8, 4) is 5.75 Å². The van der Waals surface area contributed by atoms with Crippen molar-refractivity contribution in [2.45, 2.75) is 12.5 Å². The van der Waals surface area contributed by atoms with Crippen LogP contribution in [0, 0.1) is 6.92 Å². The molecule has 35 heavy (non-hydrogen) atoms. The van der Waals surface area contributed by atoms with Crippen LogP contribution in [0.15, 0.2) is 114 Å². The molecule has 0 bridgehead atoms. The second-order valence-corrected chi connectivity index (χ2v) is 7.97. The highest BCUT2D eigenvalue weighted by atomic mass is 16.5. The largest absolute Gasteiger partial charge is 0.423 e. The molecule has 0 aliphatic heterocycles. The zero-order valence-corrected chi connectivity index (χ0v) is 19.1. The summed E-state index contributed by atoms with van der Waals surface area (Å²) in [6.45, 7) is 1.95. The summed E-state index contributed by atoms with van der Waals surface area (Å²) in [4.78, 5) is 25.3. The molecule has 2 N–H and O–H groups in total. The van der Waals surface area contributed by atoms with Crippen molar-refractivity contribution in [2.24, 2.45) is 5.10 Å². The number of rotatable bonds is 7. The highest BCUT2D eigenvalue weighted by Gasteiger charge is 2.39. The Kier molecular flexibility index (Phi) is 7.14. The lowest BCUT2D eigenvalue weighted by molar-refractivity contribution is -0.136. The van der Waals surface area contributed by atoms with Crippen molar-refractivity contribution in [3.63, 3.8) is 0 Å². The molecule has 0 saturated heterocycles. The molecule has 174 valence electrons. The second-order valence-electron chi connectivity index (χ2n) is 7.97. The van der Waals surface area contributed by atoms with Crippen LogP contribution in [0.1, 0.15) is 32.6 Å². The van der Waals surface area contributed by atoms with E-state index in [1.807, 2.05) is 31.2 Å². The van der Waals surface area contributed by atoms with Gasteiger partial charge in [0.15, 0.2) is 5.60 Å². The lowest BCUT2D eigenvalue weighted by Gasteiger charge is -2.27. The molecule has 0 atom stereocenters. The minimum atomic E-state index is -1.91. The minimum absolute atomic E-state index is 0.388. The summed E-state index contributed by atoms with van der Waals surface area (Å²) in [5.41, 5.74) is 3.58. The fourth-order valence-corrected chi connectivity index (χ4v) is 3.51. The number of ether oxygens (including phenoxy) is 1. The molecule has 4 aromatic rings. The number of amides is 1. The van der Waals surface area contributed by atoms with Crippen LogP contribution in [0.2, 0.25) is 0 Å². The Morgan fingerprint density at radius 2 is 1.34 bits per heavy atom. The van der Waals surface area contributed by atoms with Crippen molar-refractivity contribution >= 4 is 18.1 Å². The van der Waals surface area contributed by atoms with Gasteiger partial charge in [-0.25, -0.2) is 10.2 Å². The van der Waals surface area contributed by atoms with E-state index >= 15 is 0 Å². The summed E-state index contributed by atoms with van der Waals surface area (Å²) in [6, 6.07) is 31.2. The van der Waals surface area contributed by atoms with E-state index in [2.05, 4.69) is 10.5 Å². The third kappa shape index (κ3) is 5.51. The predicted octanol–water partition coefficient (Wildman–Crippen LogP) is 4.60. The van der Waals surface area contributed by atoms with Crippen molar-refractivity contribution in [1.29, 1.82) is 0 Å². The first kappa shape index (κ1) is 23.6. The third-order valence-electron chi connectivity index (χ3n) is 5.47. The summed E-state index contributed by atoms with van der Waals surface area (Å²) in [6.07, 6.45) is 1.44. The highest BCUT2D eigenvalue weighted by molar-refractivity contribution is 5.92. The maximum atomic E-state index is 13.1. The molecule has 0 aliphatic carbocycles. The molecule has 0 saturated carbocycles. The molecule has 0 spiro atoms. The first-order valence-corrected chi connectivity index (χ1v) is 11.0. The van der Waals surface area contributed by atoms with Gasteiger partial charge in [0.2, 0.25) is 0 Å². The van der Waals surface area contributed by atoms with Gasteiger partial charge in [-0.15, -0.1) is 0 Å². The van der Waals surface area contributed by atoms with Crippen molar-refractivity contribution < 1.29 is 19.4 Å². The average Bonchev–Trinajstić information content (AvgIpc) is 2.90. The SMILES string of the molecule is Cc1ccc(C(=O)Oc2ccc(/C=N\NC(=O)C(O)(c3ccccc3)c3ccccc3)cc2)cc1. The fourth-order valence-electron chi connectivity index (χ4n) is 3.51. The van der Waals surface area contributed by atoms with E-state index in [0.29, 0.717) is 28.0 Å². The Balaban J connectivity index is 1.43. The van der Waals surface area contributed by atoms with Gasteiger partial charge in [0.05, 0.1) is 11.8 Å². The summed E-state index contributed by atoms with van der Waals surface area (Å²) in [5.74, 6) is -0.742. The third-order valence-corrected chi connectivity index (χ3v) is 5.47. The number of nitrogens with zero attached hydrogens (tertiary/aromatic N) is 1. The van der Waals surface area contributed by atoms with Crippen LogP contribution in [0.4, 0.5) is 0 Å². The molecule has 0 radical (unpaired) electrons. The zero-order valence-electron chi connectivity index (χ0n) is 19.1. The summed E-state index contributed by atoms with van der Waals surface area (Å²) in [7, 11) is 0. The molecule has 4 aromatic carbocycles. The molecular formula is C29H24N2O4. The van der Waals surface area contributed by atoms with E-state index < -0.39 is 17.5 Å². The molecule has 0 unspecified atom stereocenters. The van der Waals surface area contributed by atoms with Crippen LogP contribution in [-0.2, 0) is 10.4 Å². The Morgan fingerprint density at radius 1 is 0.800 bits per heavy atom. The van der Waals surface area contributed by atoms with E-state index in [9.17, 15) is 14.7 Å². The normalized spacial score (nSPS) is 11.3. The first-order valence-electron chi connectivity index (χ1n) is 11.0. The van der Waals surface area contributed by atoms with Gasteiger partial charge in [-0.3, -0.25) is 4.79 Å². The summed E-state index contributed by atoms with van der Waals surface area (Å²) >= 11 is 0. The Hall–Kier alpha value is -4.55. The van der Waals surface area contributed by atoms with Crippen molar-refractivity contribution in [1.82, 2.24) is 5.43 Å². The molecule has 1 amide bonds. The number of hydrazone groups is 1. The van der Waals surface area contributed by atoms with Crippen LogP contribution in [0.5, 0.6) is 5.75 Å². The van der Waals surface area contributed by atoms with Gasteiger partial charge < -0.3 is 9.84 Å². The topological polar surface area (TPSA) is 88.0 Å². The Labute approximate surface area is 203 Å². The van der Waals surface area contributed by atoms with Crippen LogP contribution < -0.4 is 10.2 Å².